The summed E-state index contributed by atoms with van der Waals surface area (Å²) in [6, 6.07) is 14.8. The van der Waals surface area contributed by atoms with Gasteiger partial charge in [0, 0.05) is 12.7 Å². The molecule has 0 unspecified atom stereocenters. The highest BCUT2D eigenvalue weighted by Gasteiger charge is 2.33. The van der Waals surface area contributed by atoms with Crippen LogP contribution < -0.4 is 10.6 Å². The first-order valence-corrected chi connectivity index (χ1v) is 7.98. The molecule has 3 aromatic rings. The number of anilines is 3. The molecule has 0 amide bonds. The van der Waals surface area contributed by atoms with Gasteiger partial charge in [-0.2, -0.15) is 18.2 Å². The molecule has 0 fully saturated rings. The smallest absolute Gasteiger partial charge is 0.366 e. The first-order chi connectivity index (χ1) is 12.4. The van der Waals surface area contributed by atoms with Crippen molar-refractivity contribution in [2.75, 3.05) is 10.6 Å². The fourth-order valence-electron chi connectivity index (χ4n) is 2.47. The molecule has 0 saturated heterocycles. The van der Waals surface area contributed by atoms with Crippen molar-refractivity contribution in [3.05, 3.63) is 77.5 Å². The molecule has 134 valence electrons. The summed E-state index contributed by atoms with van der Waals surface area (Å²) in [5.41, 5.74) is 1.41. The molecule has 1 heterocycles. The summed E-state index contributed by atoms with van der Waals surface area (Å²) in [5, 5.41) is 5.81. The number of alkyl halides is 3. The van der Waals surface area contributed by atoms with Gasteiger partial charge in [0.1, 0.15) is 5.82 Å². The minimum absolute atomic E-state index is 0.0870. The van der Waals surface area contributed by atoms with Crippen LogP contribution in [-0.4, -0.2) is 9.97 Å². The van der Waals surface area contributed by atoms with Crippen molar-refractivity contribution >= 4 is 17.5 Å². The maximum Gasteiger partial charge on any atom is 0.418 e. The Morgan fingerprint density at radius 3 is 2.46 bits per heavy atom. The van der Waals surface area contributed by atoms with Crippen LogP contribution in [0.3, 0.4) is 0 Å². The summed E-state index contributed by atoms with van der Waals surface area (Å²) < 4.78 is 39.3. The molecule has 0 aliphatic rings. The molecule has 0 bridgehead atoms. The van der Waals surface area contributed by atoms with E-state index in [1.807, 2.05) is 31.2 Å². The lowest BCUT2D eigenvalue weighted by molar-refractivity contribution is -0.136. The predicted molar refractivity (Wildman–Crippen MR) is 95.3 cm³/mol. The molecule has 4 nitrogen and oxygen atoms in total. The van der Waals surface area contributed by atoms with Crippen LogP contribution in [0, 0.1) is 6.92 Å². The maximum absolute atomic E-state index is 13.1. The second-order valence-electron chi connectivity index (χ2n) is 5.71. The molecule has 0 aliphatic carbocycles. The Labute approximate surface area is 149 Å². The van der Waals surface area contributed by atoms with Crippen molar-refractivity contribution in [3.63, 3.8) is 0 Å². The highest BCUT2D eigenvalue weighted by atomic mass is 19.4. The van der Waals surface area contributed by atoms with E-state index in [1.165, 1.54) is 24.4 Å². The van der Waals surface area contributed by atoms with E-state index >= 15 is 0 Å². The summed E-state index contributed by atoms with van der Waals surface area (Å²) in [7, 11) is 0. The summed E-state index contributed by atoms with van der Waals surface area (Å²) >= 11 is 0. The predicted octanol–water partition coefficient (Wildman–Crippen LogP) is 5.16. The number of rotatable bonds is 5. The van der Waals surface area contributed by atoms with Crippen molar-refractivity contribution in [1.82, 2.24) is 9.97 Å². The van der Waals surface area contributed by atoms with Crippen molar-refractivity contribution < 1.29 is 13.2 Å². The van der Waals surface area contributed by atoms with Gasteiger partial charge in [0.25, 0.3) is 0 Å². The monoisotopic (exact) mass is 358 g/mol. The number of hydrogen-bond donors (Lipinski definition) is 2. The number of aryl methyl sites for hydroxylation is 1. The molecule has 3 rings (SSSR count). The number of halogens is 3. The lowest BCUT2D eigenvalue weighted by atomic mass is 10.1. The topological polar surface area (TPSA) is 49.8 Å². The van der Waals surface area contributed by atoms with Crippen LogP contribution >= 0.6 is 0 Å². The third kappa shape index (κ3) is 4.30. The Kier molecular flexibility index (Phi) is 5.06. The number of aromatic nitrogens is 2. The van der Waals surface area contributed by atoms with Crippen LogP contribution in [0.1, 0.15) is 16.7 Å². The largest absolute Gasteiger partial charge is 0.418 e. The first kappa shape index (κ1) is 17.7. The van der Waals surface area contributed by atoms with Gasteiger partial charge < -0.3 is 10.6 Å². The van der Waals surface area contributed by atoms with Crippen molar-refractivity contribution in [1.29, 1.82) is 0 Å². The Morgan fingerprint density at radius 1 is 0.962 bits per heavy atom. The minimum Gasteiger partial charge on any atom is -0.366 e. The lowest BCUT2D eigenvalue weighted by Gasteiger charge is -2.14. The number of nitrogens with zero attached hydrogens (tertiary/aromatic N) is 2. The van der Waals surface area contributed by atoms with Gasteiger partial charge in [-0.1, -0.05) is 36.4 Å². The van der Waals surface area contributed by atoms with E-state index < -0.39 is 11.7 Å². The van der Waals surface area contributed by atoms with Crippen molar-refractivity contribution in [2.45, 2.75) is 19.6 Å². The van der Waals surface area contributed by atoms with Gasteiger partial charge in [0.2, 0.25) is 5.95 Å². The van der Waals surface area contributed by atoms with E-state index in [-0.39, 0.29) is 11.6 Å². The average Bonchev–Trinajstić information content (AvgIpc) is 2.61. The summed E-state index contributed by atoms with van der Waals surface area (Å²) in [6.45, 7) is 2.57. The van der Waals surface area contributed by atoms with Crippen LogP contribution in [0.4, 0.5) is 30.6 Å². The van der Waals surface area contributed by atoms with E-state index in [1.54, 1.807) is 6.07 Å². The molecular weight excluding hydrogens is 341 g/mol. The molecule has 26 heavy (non-hydrogen) atoms. The van der Waals surface area contributed by atoms with E-state index in [0.717, 1.165) is 17.2 Å². The highest BCUT2D eigenvalue weighted by Crippen LogP contribution is 2.35. The van der Waals surface area contributed by atoms with E-state index in [4.69, 9.17) is 0 Å². The third-order valence-electron chi connectivity index (χ3n) is 3.86. The van der Waals surface area contributed by atoms with Gasteiger partial charge in [-0.15, -0.1) is 0 Å². The van der Waals surface area contributed by atoms with Crippen LogP contribution in [0.5, 0.6) is 0 Å². The summed E-state index contributed by atoms with van der Waals surface area (Å²) in [6.07, 6.45) is -2.96. The average molecular weight is 358 g/mol. The molecule has 1 aromatic heterocycles. The summed E-state index contributed by atoms with van der Waals surface area (Å²) in [5.74, 6) is 0.617. The van der Waals surface area contributed by atoms with E-state index in [0.29, 0.717) is 12.4 Å². The highest BCUT2D eigenvalue weighted by molar-refractivity contribution is 5.60. The van der Waals surface area contributed by atoms with Gasteiger partial charge in [-0.25, -0.2) is 4.98 Å². The number of nitrogens with one attached hydrogen (secondary N) is 2. The first-order valence-electron chi connectivity index (χ1n) is 7.98. The normalized spacial score (nSPS) is 11.2. The Hall–Kier alpha value is -3.09. The van der Waals surface area contributed by atoms with Crippen LogP contribution in [0.15, 0.2) is 60.8 Å². The minimum atomic E-state index is -4.45. The quantitative estimate of drug-likeness (QED) is 0.661. The number of para-hydroxylation sites is 1. The van der Waals surface area contributed by atoms with Gasteiger partial charge in [-0.05, 0) is 36.2 Å². The van der Waals surface area contributed by atoms with Gasteiger partial charge in [0.05, 0.1) is 11.3 Å². The molecule has 2 N–H and O–H groups in total. The zero-order valence-electron chi connectivity index (χ0n) is 14.0. The second kappa shape index (κ2) is 7.43. The maximum atomic E-state index is 13.1. The molecule has 0 saturated carbocycles. The number of benzene rings is 2. The van der Waals surface area contributed by atoms with Gasteiger partial charge in [0.15, 0.2) is 0 Å². The Morgan fingerprint density at radius 2 is 1.69 bits per heavy atom. The molecular formula is C19H17F3N4. The molecule has 0 radical (unpaired) electrons. The van der Waals surface area contributed by atoms with Crippen molar-refractivity contribution in [2.24, 2.45) is 0 Å². The van der Waals surface area contributed by atoms with Crippen LogP contribution in [0.2, 0.25) is 0 Å². The molecule has 0 spiro atoms. The zero-order chi connectivity index (χ0) is 18.6. The van der Waals surface area contributed by atoms with E-state index in [2.05, 4.69) is 20.6 Å². The standard InChI is InChI=1S/C19H17F3N4/c1-13-6-2-3-7-14(13)12-24-17-10-11-23-18(26-17)25-16-9-5-4-8-15(16)19(20,21)22/h2-11H,12H2,1H3,(H2,23,24,25,26). The Bertz CT molecular complexity index is 894. The van der Waals surface area contributed by atoms with Crippen molar-refractivity contribution in [3.8, 4) is 0 Å². The summed E-state index contributed by atoms with van der Waals surface area (Å²) in [4.78, 5) is 8.24. The molecule has 0 atom stereocenters. The van der Waals surface area contributed by atoms with Crippen LogP contribution in [-0.2, 0) is 12.7 Å². The molecule has 7 heteroatoms. The fourth-order valence-corrected chi connectivity index (χ4v) is 2.47. The zero-order valence-corrected chi connectivity index (χ0v) is 14.0. The van der Waals surface area contributed by atoms with E-state index in [9.17, 15) is 13.2 Å². The van der Waals surface area contributed by atoms with Gasteiger partial charge >= 0.3 is 6.18 Å². The molecule has 0 aliphatic heterocycles. The SMILES string of the molecule is Cc1ccccc1CNc1ccnc(Nc2ccccc2C(F)(F)F)n1. The van der Waals surface area contributed by atoms with Crippen LogP contribution in [0.25, 0.3) is 0 Å². The number of hydrogen-bond acceptors (Lipinski definition) is 4. The van der Waals surface area contributed by atoms with Gasteiger partial charge in [-0.3, -0.25) is 0 Å². The fraction of sp³-hybridized carbons (Fsp3) is 0.158. The second-order valence-corrected chi connectivity index (χ2v) is 5.71. The lowest BCUT2D eigenvalue weighted by Crippen LogP contribution is -2.10. The third-order valence-corrected chi connectivity index (χ3v) is 3.86. The molecule has 2 aromatic carbocycles. The Balaban J connectivity index is 1.75.